The van der Waals surface area contributed by atoms with Gasteiger partial charge in [0, 0.05) is 38.3 Å². The fraction of sp³-hybridized carbons (Fsp3) is 0. The zero-order valence-corrected chi connectivity index (χ0v) is 20.1. The fourth-order valence-electron chi connectivity index (χ4n) is 3.13. The standard InChI is InChI=1S/C17H12N.C11H5F3N.Ir/c1-3-7-14(8-4-1)16-11-12-18-17(13-16)15-9-5-2-6-10-15;12-7-5-8(11(14)9(13)6-7)10-3-1-2-4-15-10;/h1-9,11-13H;1-4,6H;/q2*-1;. The van der Waals surface area contributed by atoms with Crippen LogP contribution in [0.2, 0.25) is 0 Å². The van der Waals surface area contributed by atoms with Crippen LogP contribution < -0.4 is 0 Å². The van der Waals surface area contributed by atoms with E-state index in [1.54, 1.807) is 12.1 Å². The van der Waals surface area contributed by atoms with Crippen molar-refractivity contribution in [1.29, 1.82) is 0 Å². The summed E-state index contributed by atoms with van der Waals surface area (Å²) in [5.41, 5.74) is 4.21. The molecule has 0 aliphatic carbocycles. The third-order valence-electron chi connectivity index (χ3n) is 4.70. The molecule has 0 unspecified atom stereocenters. The Labute approximate surface area is 209 Å². The first-order valence-corrected chi connectivity index (χ1v) is 10.1. The van der Waals surface area contributed by atoms with Crippen molar-refractivity contribution in [1.82, 2.24) is 9.97 Å². The van der Waals surface area contributed by atoms with Gasteiger partial charge < -0.3 is 9.97 Å². The van der Waals surface area contributed by atoms with Crippen LogP contribution in [0, 0.1) is 29.6 Å². The van der Waals surface area contributed by atoms with E-state index in [1.165, 1.54) is 23.4 Å². The second kappa shape index (κ2) is 12.0. The van der Waals surface area contributed by atoms with Gasteiger partial charge in [-0.1, -0.05) is 60.2 Å². The molecule has 1 radical (unpaired) electrons. The van der Waals surface area contributed by atoms with Gasteiger partial charge >= 0.3 is 0 Å². The van der Waals surface area contributed by atoms with Gasteiger partial charge in [-0.05, 0) is 34.6 Å². The summed E-state index contributed by atoms with van der Waals surface area (Å²) in [5, 5.41) is 0. The molecule has 3 aromatic carbocycles. The summed E-state index contributed by atoms with van der Waals surface area (Å²) >= 11 is 0. The SMILES string of the molecule is Fc1[c-]c(-c2ccccn2)c(F)c(F)c1.[Ir].[c-]1ccccc1-c1cc(-c2ccccc2)ccn1. The zero-order chi connectivity index (χ0) is 23.0. The Bertz CT molecular complexity index is 1280. The summed E-state index contributed by atoms with van der Waals surface area (Å²) in [6.45, 7) is 0. The van der Waals surface area contributed by atoms with Crippen LogP contribution in [-0.2, 0) is 20.1 Å². The van der Waals surface area contributed by atoms with Crippen LogP contribution in [0.1, 0.15) is 0 Å². The van der Waals surface area contributed by atoms with E-state index in [0.717, 1.165) is 11.3 Å². The Hall–Kier alpha value is -3.60. The van der Waals surface area contributed by atoms with Crippen LogP contribution in [0.4, 0.5) is 13.2 Å². The van der Waals surface area contributed by atoms with Crippen molar-refractivity contribution in [3.63, 3.8) is 0 Å². The number of hydrogen-bond acceptors (Lipinski definition) is 2. The molecule has 6 heteroatoms. The summed E-state index contributed by atoms with van der Waals surface area (Å²) in [6.07, 6.45) is 3.25. The molecule has 171 valence electrons. The summed E-state index contributed by atoms with van der Waals surface area (Å²) in [5.74, 6) is -3.34. The minimum absolute atomic E-state index is 0. The van der Waals surface area contributed by atoms with Crippen molar-refractivity contribution < 1.29 is 33.3 Å². The summed E-state index contributed by atoms with van der Waals surface area (Å²) in [6, 6.07) is 32.8. The van der Waals surface area contributed by atoms with Crippen molar-refractivity contribution in [2.24, 2.45) is 0 Å². The first kappa shape index (κ1) is 25.0. The van der Waals surface area contributed by atoms with Gasteiger partial charge in [-0.3, -0.25) is 4.39 Å². The third kappa shape index (κ3) is 6.25. The van der Waals surface area contributed by atoms with E-state index >= 15 is 0 Å². The molecule has 2 nitrogen and oxygen atoms in total. The molecule has 2 heterocycles. The summed E-state index contributed by atoms with van der Waals surface area (Å²) in [7, 11) is 0. The first-order valence-electron chi connectivity index (χ1n) is 10.1. The van der Waals surface area contributed by atoms with Gasteiger partial charge in [0.05, 0.1) is 11.6 Å². The number of pyridine rings is 2. The van der Waals surface area contributed by atoms with E-state index in [4.69, 9.17) is 0 Å². The van der Waals surface area contributed by atoms with E-state index in [2.05, 4.69) is 40.3 Å². The molecule has 0 atom stereocenters. The van der Waals surface area contributed by atoms with Crippen molar-refractivity contribution >= 4 is 0 Å². The quantitative estimate of drug-likeness (QED) is 0.156. The first-order chi connectivity index (χ1) is 16.1. The van der Waals surface area contributed by atoms with Gasteiger partial charge in [-0.25, -0.2) is 8.78 Å². The zero-order valence-electron chi connectivity index (χ0n) is 17.7. The number of nitrogens with zero attached hydrogens (tertiary/aromatic N) is 2. The van der Waals surface area contributed by atoms with Gasteiger partial charge in [0.1, 0.15) is 0 Å². The topological polar surface area (TPSA) is 25.8 Å². The predicted octanol–water partition coefficient (Wildman–Crippen LogP) is 7.18. The van der Waals surface area contributed by atoms with Crippen LogP contribution in [0.25, 0.3) is 33.6 Å². The van der Waals surface area contributed by atoms with Crippen LogP contribution in [0.3, 0.4) is 0 Å². The predicted molar refractivity (Wildman–Crippen MR) is 122 cm³/mol. The Kier molecular flexibility index (Phi) is 8.86. The Morgan fingerprint density at radius 2 is 1.38 bits per heavy atom. The molecule has 0 N–H and O–H groups in total. The minimum atomic E-state index is -1.24. The molecule has 0 bridgehead atoms. The van der Waals surface area contributed by atoms with Gasteiger partial charge in [-0.2, -0.15) is 0 Å². The molecular weight excluding hydrogens is 614 g/mol. The molecule has 5 rings (SSSR count). The molecule has 0 saturated heterocycles. The monoisotopic (exact) mass is 631 g/mol. The molecule has 2 aromatic heterocycles. The van der Waals surface area contributed by atoms with Crippen molar-refractivity contribution in [3.05, 3.63) is 133 Å². The van der Waals surface area contributed by atoms with Crippen LogP contribution >= 0.6 is 0 Å². The van der Waals surface area contributed by atoms with E-state index < -0.39 is 17.5 Å². The molecule has 0 spiro atoms. The van der Waals surface area contributed by atoms with Crippen molar-refractivity contribution in [2.45, 2.75) is 0 Å². The van der Waals surface area contributed by atoms with Crippen molar-refractivity contribution in [2.75, 3.05) is 0 Å². The van der Waals surface area contributed by atoms with Crippen LogP contribution in [0.15, 0.2) is 103 Å². The molecule has 0 fully saturated rings. The van der Waals surface area contributed by atoms with E-state index in [9.17, 15) is 13.2 Å². The third-order valence-corrected chi connectivity index (χ3v) is 4.70. The smallest absolute Gasteiger partial charge is 0.0792 e. The Morgan fingerprint density at radius 1 is 0.647 bits per heavy atom. The molecule has 5 aromatic rings. The van der Waals surface area contributed by atoms with Gasteiger partial charge in [-0.15, -0.1) is 42.0 Å². The Morgan fingerprint density at radius 3 is 2.09 bits per heavy atom. The molecule has 0 saturated carbocycles. The fourth-order valence-corrected chi connectivity index (χ4v) is 3.13. The number of aromatic nitrogens is 2. The van der Waals surface area contributed by atoms with Crippen LogP contribution in [-0.4, -0.2) is 9.97 Å². The van der Waals surface area contributed by atoms with E-state index in [-0.39, 0.29) is 31.4 Å². The Balaban J connectivity index is 0.000000188. The summed E-state index contributed by atoms with van der Waals surface area (Å²) in [4.78, 5) is 8.19. The largest absolute Gasteiger partial charge is 0.305 e. The number of benzene rings is 3. The second-order valence-electron chi connectivity index (χ2n) is 6.94. The maximum atomic E-state index is 13.3. The average Bonchev–Trinajstić information content (AvgIpc) is 2.88. The number of hydrogen-bond donors (Lipinski definition) is 0. The van der Waals surface area contributed by atoms with Gasteiger partial charge in [0.25, 0.3) is 0 Å². The maximum absolute atomic E-state index is 13.3. The maximum Gasteiger partial charge on any atom is 0.0792 e. The van der Waals surface area contributed by atoms with E-state index in [0.29, 0.717) is 6.07 Å². The molecular formula is C28H17F3IrN2-2. The van der Waals surface area contributed by atoms with Gasteiger partial charge in [0.2, 0.25) is 0 Å². The average molecular weight is 631 g/mol. The number of halogens is 3. The minimum Gasteiger partial charge on any atom is -0.305 e. The van der Waals surface area contributed by atoms with Crippen LogP contribution in [0.5, 0.6) is 0 Å². The van der Waals surface area contributed by atoms with E-state index in [1.807, 2.05) is 54.7 Å². The second-order valence-corrected chi connectivity index (χ2v) is 6.94. The van der Waals surface area contributed by atoms with Gasteiger partial charge in [0.15, 0.2) is 0 Å². The van der Waals surface area contributed by atoms with Crippen molar-refractivity contribution in [3.8, 4) is 33.6 Å². The molecule has 0 aliphatic rings. The molecule has 0 aliphatic heterocycles. The summed E-state index contributed by atoms with van der Waals surface area (Å²) < 4.78 is 38.9. The normalized spacial score (nSPS) is 9.97. The molecule has 0 amide bonds. The number of rotatable bonds is 3. The molecule has 34 heavy (non-hydrogen) atoms.